The topological polar surface area (TPSA) is 134 Å². The van der Waals surface area contributed by atoms with Gasteiger partial charge < -0.3 is 4.79 Å². The molecule has 0 fully saturated rings. The fourth-order valence-electron chi connectivity index (χ4n) is 1.54. The van der Waals surface area contributed by atoms with Gasteiger partial charge in [-0.15, -0.1) is 6.58 Å². The number of hydrogen-bond donors (Lipinski definition) is 0. The molecule has 0 saturated carbocycles. The van der Waals surface area contributed by atoms with E-state index in [0.29, 0.717) is 0 Å². The Kier molecular flexibility index (Phi) is 33.3. The Labute approximate surface area is 182 Å². The molecule has 0 aromatic heterocycles. The maximum atomic E-state index is 12.4. The smallest absolute Gasteiger partial charge is 0 e. The van der Waals surface area contributed by atoms with Crippen LogP contribution in [0.25, 0.3) is 0 Å². The molecule has 0 saturated heterocycles. The monoisotopic (exact) mass is 459 g/mol. The number of ketones is 1. The van der Waals surface area contributed by atoms with Crippen LogP contribution >= 0.6 is 0 Å². The molecule has 1 aromatic carbocycles. The quantitative estimate of drug-likeness (QED) is 0.203. The van der Waals surface area contributed by atoms with Gasteiger partial charge in [-0.25, -0.2) is 12.7 Å². The van der Waals surface area contributed by atoms with Crippen LogP contribution in [0, 0.1) is 39.6 Å². The second-order valence-corrected chi connectivity index (χ2v) is 6.30. The van der Waals surface area contributed by atoms with Gasteiger partial charge in [0.2, 0.25) is 10.0 Å². The first-order valence-corrected chi connectivity index (χ1v) is 8.38. The van der Waals surface area contributed by atoms with Crippen LogP contribution in [0.4, 0.5) is 0 Å². The summed E-state index contributed by atoms with van der Waals surface area (Å²) in [6.45, 7) is 25.0. The zero-order chi connectivity index (χ0) is 23.2. The van der Waals surface area contributed by atoms with E-state index in [9.17, 15) is 13.2 Å². The maximum absolute atomic E-state index is 12.4. The van der Waals surface area contributed by atoms with Gasteiger partial charge in [-0.2, -0.15) is 6.08 Å². The van der Waals surface area contributed by atoms with E-state index < -0.39 is 10.0 Å². The zero-order valence-electron chi connectivity index (χ0n) is 15.7. The summed E-state index contributed by atoms with van der Waals surface area (Å²) in [5.41, 5.74) is 0.988. The molecule has 0 aliphatic rings. The van der Waals surface area contributed by atoms with Crippen molar-refractivity contribution < 1.29 is 48.9 Å². The van der Waals surface area contributed by atoms with Crippen molar-refractivity contribution in [3.63, 3.8) is 0 Å². The first kappa shape index (κ1) is 37.5. The second-order valence-electron chi connectivity index (χ2n) is 4.36. The van der Waals surface area contributed by atoms with E-state index in [2.05, 4.69) is 39.3 Å². The molecule has 8 nitrogen and oxygen atoms in total. The third-order valence-corrected chi connectivity index (χ3v) is 4.39. The van der Waals surface area contributed by atoms with Gasteiger partial charge in [-0.05, 0) is 31.4 Å². The van der Waals surface area contributed by atoms with Crippen LogP contribution in [0.1, 0.15) is 12.5 Å². The summed E-state index contributed by atoms with van der Waals surface area (Å²) in [7, 11) is -3.61. The van der Waals surface area contributed by atoms with Gasteiger partial charge in [0.15, 0.2) is 0 Å². The molecule has 1 aromatic rings. The van der Waals surface area contributed by atoms with Crippen molar-refractivity contribution in [2.24, 2.45) is 0 Å². The van der Waals surface area contributed by atoms with Crippen molar-refractivity contribution in [1.29, 1.82) is 0 Å². The average Bonchev–Trinajstić information content (AvgIpc) is 2.73. The van der Waals surface area contributed by atoms with E-state index in [-0.39, 0.29) is 40.8 Å². The molecule has 0 N–H and O–H groups in total. The van der Waals surface area contributed by atoms with Crippen LogP contribution in [-0.2, 0) is 50.5 Å². The molecule has 29 heavy (non-hydrogen) atoms. The van der Waals surface area contributed by atoms with Crippen LogP contribution in [0.5, 0.6) is 0 Å². The number of carbonyl (C=O) groups is 1. The van der Waals surface area contributed by atoms with Crippen LogP contribution < -0.4 is 0 Å². The third-order valence-electron chi connectivity index (χ3n) is 2.56. The van der Waals surface area contributed by atoms with Crippen molar-refractivity contribution in [1.82, 2.24) is 4.31 Å². The van der Waals surface area contributed by atoms with Crippen LogP contribution in [0.15, 0.2) is 47.9 Å². The SMILES string of the molecule is C=CCN(C[C-]=CC(C)=O)S(=O)(=O)c1ccc(C)cc1.[C-]#[O+].[C-]#[O+].[C-]#[O+].[C-]#[O+].[Mn]. The molecule has 0 spiro atoms. The normalized spacial score (nSPS) is 8.52. The van der Waals surface area contributed by atoms with E-state index in [1.165, 1.54) is 23.4 Å². The summed E-state index contributed by atoms with van der Waals surface area (Å²) in [6.07, 6.45) is 5.42. The van der Waals surface area contributed by atoms with Gasteiger partial charge in [0.1, 0.15) is 0 Å². The van der Waals surface area contributed by atoms with Crippen molar-refractivity contribution in [3.8, 4) is 0 Å². The minimum Gasteiger partial charge on any atom is 0 e. The summed E-state index contributed by atoms with van der Waals surface area (Å²) in [5.74, 6) is -0.170. The summed E-state index contributed by atoms with van der Waals surface area (Å²) in [4.78, 5) is 11.1. The third kappa shape index (κ3) is 17.6. The zero-order valence-corrected chi connectivity index (χ0v) is 17.7. The summed E-state index contributed by atoms with van der Waals surface area (Å²) in [5, 5.41) is 0. The van der Waals surface area contributed by atoms with Crippen molar-refractivity contribution in [2.75, 3.05) is 13.1 Å². The number of rotatable bonds is 7. The molecule has 0 atom stereocenters. The van der Waals surface area contributed by atoms with Crippen LogP contribution in [0.2, 0.25) is 0 Å². The van der Waals surface area contributed by atoms with Gasteiger partial charge >= 0.3 is 45.2 Å². The minimum absolute atomic E-state index is 0. The number of benzene rings is 1. The van der Waals surface area contributed by atoms with Gasteiger partial charge in [0, 0.05) is 23.6 Å². The number of nitrogens with zero attached hydrogens (tertiary/aromatic N) is 1. The first-order chi connectivity index (χ1) is 13.4. The Hall–Kier alpha value is -2.24. The Morgan fingerprint density at radius 1 is 1.07 bits per heavy atom. The van der Waals surface area contributed by atoms with E-state index >= 15 is 0 Å². The summed E-state index contributed by atoms with van der Waals surface area (Å²) in [6, 6.07) is 6.62. The van der Waals surface area contributed by atoms with Gasteiger partial charge in [-0.1, -0.05) is 30.7 Å². The fraction of sp³-hybridized carbons (Fsp3) is 0.211. The maximum Gasteiger partial charge on any atom is 0 e. The molecule has 0 unspecified atom stereocenters. The average molecular weight is 459 g/mol. The predicted molar refractivity (Wildman–Crippen MR) is 94.3 cm³/mol. The first-order valence-electron chi connectivity index (χ1n) is 6.94. The number of hydrogen-bond acceptors (Lipinski definition) is 3. The number of carbonyl (C=O) groups excluding carboxylic acids is 1. The van der Waals surface area contributed by atoms with Crippen molar-refractivity contribution in [3.05, 3.63) is 81.2 Å². The molecule has 155 valence electrons. The Balaban J connectivity index is -0.000000190. The van der Waals surface area contributed by atoms with Gasteiger partial charge in [0.25, 0.3) is 0 Å². The van der Waals surface area contributed by atoms with E-state index in [0.717, 1.165) is 5.56 Å². The van der Waals surface area contributed by atoms with E-state index in [1.807, 2.05) is 6.92 Å². The molecule has 0 aliphatic heterocycles. The van der Waals surface area contributed by atoms with E-state index in [1.54, 1.807) is 24.3 Å². The molecule has 0 aliphatic carbocycles. The largest absolute Gasteiger partial charge is 0 e. The van der Waals surface area contributed by atoms with Crippen LogP contribution in [0.3, 0.4) is 0 Å². The molecule has 10 heteroatoms. The minimum atomic E-state index is -3.61. The molecule has 0 amide bonds. The fourth-order valence-corrected chi connectivity index (χ4v) is 2.87. The molecule has 0 heterocycles. The molecule has 1 radical (unpaired) electrons. The van der Waals surface area contributed by atoms with Crippen LogP contribution in [-0.4, -0.2) is 31.6 Å². The number of aryl methyl sites for hydroxylation is 1. The van der Waals surface area contributed by atoms with Crippen molar-refractivity contribution >= 4 is 15.8 Å². The van der Waals surface area contributed by atoms with Crippen molar-refractivity contribution in [2.45, 2.75) is 18.7 Å². The van der Waals surface area contributed by atoms with E-state index in [4.69, 9.17) is 18.6 Å². The molecular formula is C19H18MnNO7S-. The number of allylic oxidation sites excluding steroid dienone is 1. The van der Waals surface area contributed by atoms with Gasteiger partial charge in [0.05, 0.1) is 4.90 Å². The summed E-state index contributed by atoms with van der Waals surface area (Å²) < 4.78 is 56.1. The standard InChI is InChI=1S/C15H18NO3S.4CO.Mn/c1-4-11-16(12-5-6-14(3)17)20(18,19)15-9-7-13(2)8-10-15;4*1-2;/h4,6-10H,1,11-12H2,2-3H3;;;;;/q-1;;;;;. The molecule has 1 rings (SSSR count). The Bertz CT molecular complexity index is 752. The molecular weight excluding hydrogens is 441 g/mol. The summed E-state index contributed by atoms with van der Waals surface area (Å²) >= 11 is 0. The Morgan fingerprint density at radius 2 is 1.48 bits per heavy atom. The predicted octanol–water partition coefficient (Wildman–Crippen LogP) is 1.97. The van der Waals surface area contributed by atoms with Gasteiger partial charge in [-0.3, -0.25) is 6.08 Å². The molecule has 0 bridgehead atoms. The second kappa shape index (κ2) is 25.8. The Morgan fingerprint density at radius 3 is 1.83 bits per heavy atom. The number of sulfonamides is 1.